The summed E-state index contributed by atoms with van der Waals surface area (Å²) in [6.07, 6.45) is 2.60. The van der Waals surface area contributed by atoms with Crippen LogP contribution in [0.25, 0.3) is 0 Å². The van der Waals surface area contributed by atoms with Gasteiger partial charge in [0.15, 0.2) is 9.84 Å². The predicted molar refractivity (Wildman–Crippen MR) is 79.4 cm³/mol. The van der Waals surface area contributed by atoms with Crippen molar-refractivity contribution in [2.45, 2.75) is 4.90 Å². The highest BCUT2D eigenvalue weighted by Crippen LogP contribution is 2.14. The van der Waals surface area contributed by atoms with E-state index < -0.39 is 9.84 Å². The number of carbonyl (C=O) groups excluding carboxylic acids is 1. The number of rotatable bonds is 3. The molecule has 0 aliphatic carbocycles. The molecule has 5 nitrogen and oxygen atoms in total. The van der Waals surface area contributed by atoms with Gasteiger partial charge in [0, 0.05) is 11.8 Å². The molecule has 1 heterocycles. The van der Waals surface area contributed by atoms with Crippen molar-refractivity contribution in [3.63, 3.8) is 0 Å². The lowest BCUT2D eigenvalue weighted by atomic mass is 10.2. The fraction of sp³-hybridized carbons (Fsp3) is 0.0769. The number of sulfone groups is 1. The maximum absolute atomic E-state index is 12.0. The molecule has 0 spiro atoms. The Hall–Kier alpha value is -1.73. The quantitative estimate of drug-likeness (QED) is 0.859. The molecule has 1 N–H and O–H groups in total. The van der Waals surface area contributed by atoms with Gasteiger partial charge in [-0.2, -0.15) is 0 Å². The van der Waals surface area contributed by atoms with Gasteiger partial charge >= 0.3 is 0 Å². The average molecular weight is 355 g/mol. The number of carbonyl (C=O) groups is 1. The molecule has 20 heavy (non-hydrogen) atoms. The van der Waals surface area contributed by atoms with E-state index in [0.717, 1.165) is 6.26 Å². The van der Waals surface area contributed by atoms with Crippen molar-refractivity contribution in [3.05, 3.63) is 52.8 Å². The van der Waals surface area contributed by atoms with Gasteiger partial charge in [-0.05, 0) is 46.3 Å². The minimum absolute atomic E-state index is 0.110. The fourth-order valence-electron chi connectivity index (χ4n) is 1.52. The van der Waals surface area contributed by atoms with E-state index in [0.29, 0.717) is 10.3 Å². The molecule has 0 aliphatic rings. The molecule has 2 aromatic rings. The van der Waals surface area contributed by atoms with Gasteiger partial charge in [-0.15, -0.1) is 0 Å². The minimum atomic E-state index is -3.34. The van der Waals surface area contributed by atoms with Gasteiger partial charge in [0.1, 0.15) is 4.60 Å². The van der Waals surface area contributed by atoms with Crippen molar-refractivity contribution >= 4 is 37.4 Å². The summed E-state index contributed by atoms with van der Waals surface area (Å²) in [5.41, 5.74) is 0.804. The van der Waals surface area contributed by atoms with Crippen LogP contribution >= 0.6 is 15.9 Å². The molecule has 104 valence electrons. The number of hydrogen-bond donors (Lipinski definition) is 1. The minimum Gasteiger partial charge on any atom is -0.321 e. The molecule has 1 amide bonds. The number of anilines is 1. The van der Waals surface area contributed by atoms with Crippen molar-refractivity contribution in [1.82, 2.24) is 4.98 Å². The Morgan fingerprint density at radius 3 is 2.60 bits per heavy atom. The molecule has 0 atom stereocenters. The van der Waals surface area contributed by atoms with Crippen molar-refractivity contribution in [2.75, 3.05) is 11.6 Å². The van der Waals surface area contributed by atoms with Crippen LogP contribution in [0.15, 0.2) is 52.1 Å². The maximum Gasteiger partial charge on any atom is 0.255 e. The van der Waals surface area contributed by atoms with Crippen molar-refractivity contribution in [1.29, 1.82) is 0 Å². The lowest BCUT2D eigenvalue weighted by molar-refractivity contribution is 0.102. The Kier molecular flexibility index (Phi) is 4.20. The molecule has 0 bridgehead atoms. The van der Waals surface area contributed by atoms with E-state index in [-0.39, 0.29) is 16.4 Å². The topological polar surface area (TPSA) is 76.1 Å². The number of halogens is 1. The maximum atomic E-state index is 12.0. The largest absolute Gasteiger partial charge is 0.321 e. The first-order valence-corrected chi connectivity index (χ1v) is 8.28. The molecule has 2 rings (SSSR count). The summed E-state index contributed by atoms with van der Waals surface area (Å²) >= 11 is 3.20. The SMILES string of the molecule is CS(=O)(=O)c1cccc(C(=O)Nc2ccc(Br)nc2)c1. The van der Waals surface area contributed by atoms with Gasteiger partial charge in [0.2, 0.25) is 0 Å². The van der Waals surface area contributed by atoms with Crippen LogP contribution in [0, 0.1) is 0 Å². The number of nitrogens with one attached hydrogen (secondary N) is 1. The van der Waals surface area contributed by atoms with Gasteiger partial charge in [-0.3, -0.25) is 4.79 Å². The summed E-state index contributed by atoms with van der Waals surface area (Å²) in [7, 11) is -3.34. The Morgan fingerprint density at radius 2 is 2.00 bits per heavy atom. The molecule has 1 aromatic carbocycles. The van der Waals surface area contributed by atoms with Crippen molar-refractivity contribution in [3.8, 4) is 0 Å². The summed E-state index contributed by atoms with van der Waals surface area (Å²) in [4.78, 5) is 16.1. The Balaban J connectivity index is 2.23. The van der Waals surface area contributed by atoms with Crippen LogP contribution < -0.4 is 5.32 Å². The molecule has 7 heteroatoms. The van der Waals surface area contributed by atoms with Crippen LogP contribution in [0.4, 0.5) is 5.69 Å². The summed E-state index contributed by atoms with van der Waals surface area (Å²) < 4.78 is 23.6. The first-order valence-electron chi connectivity index (χ1n) is 5.59. The van der Waals surface area contributed by atoms with Gasteiger partial charge in [0.05, 0.1) is 16.8 Å². The predicted octanol–water partition coefficient (Wildman–Crippen LogP) is 2.50. The van der Waals surface area contributed by atoms with E-state index in [1.807, 2.05) is 0 Å². The lowest BCUT2D eigenvalue weighted by Gasteiger charge is -2.06. The summed E-state index contributed by atoms with van der Waals surface area (Å²) in [5.74, 6) is -0.389. The number of nitrogens with zero attached hydrogens (tertiary/aromatic N) is 1. The van der Waals surface area contributed by atoms with E-state index in [1.165, 1.54) is 24.4 Å². The number of benzene rings is 1. The zero-order chi connectivity index (χ0) is 14.8. The third-order valence-electron chi connectivity index (χ3n) is 2.51. The molecule has 0 fully saturated rings. The van der Waals surface area contributed by atoms with Gasteiger partial charge in [0.25, 0.3) is 5.91 Å². The van der Waals surface area contributed by atoms with Crippen LogP contribution in [-0.4, -0.2) is 25.6 Å². The van der Waals surface area contributed by atoms with Crippen LogP contribution in [0.5, 0.6) is 0 Å². The third-order valence-corrected chi connectivity index (χ3v) is 4.09. The summed E-state index contributed by atoms with van der Waals surface area (Å²) in [5, 5.41) is 2.65. The van der Waals surface area contributed by atoms with Crippen LogP contribution in [0.1, 0.15) is 10.4 Å². The normalized spacial score (nSPS) is 11.1. The second-order valence-corrected chi connectivity index (χ2v) is 6.95. The number of aromatic nitrogens is 1. The lowest BCUT2D eigenvalue weighted by Crippen LogP contribution is -2.12. The van der Waals surface area contributed by atoms with Gasteiger partial charge in [-0.1, -0.05) is 6.07 Å². The Morgan fingerprint density at radius 1 is 1.25 bits per heavy atom. The van der Waals surface area contributed by atoms with Crippen molar-refractivity contribution < 1.29 is 13.2 Å². The highest BCUT2D eigenvalue weighted by Gasteiger charge is 2.11. The third kappa shape index (κ3) is 3.64. The standard InChI is InChI=1S/C13H11BrN2O3S/c1-20(18,19)11-4-2-3-9(7-11)13(17)16-10-5-6-12(14)15-8-10/h2-8H,1H3,(H,16,17). The second-order valence-electron chi connectivity index (χ2n) is 4.12. The van der Waals surface area contributed by atoms with E-state index >= 15 is 0 Å². The summed E-state index contributed by atoms with van der Waals surface area (Å²) in [6, 6.07) is 9.27. The van der Waals surface area contributed by atoms with Crippen LogP contribution in [0.3, 0.4) is 0 Å². The second kappa shape index (κ2) is 5.72. The summed E-state index contributed by atoms with van der Waals surface area (Å²) in [6.45, 7) is 0. The molecule has 0 aliphatic heterocycles. The van der Waals surface area contributed by atoms with Gasteiger partial charge in [-0.25, -0.2) is 13.4 Å². The molecule has 0 unspecified atom stereocenters. The molecular formula is C13H11BrN2O3S. The van der Waals surface area contributed by atoms with E-state index in [2.05, 4.69) is 26.2 Å². The number of pyridine rings is 1. The zero-order valence-electron chi connectivity index (χ0n) is 10.5. The molecule has 1 aromatic heterocycles. The average Bonchev–Trinajstić information content (AvgIpc) is 2.40. The first kappa shape index (κ1) is 14.7. The zero-order valence-corrected chi connectivity index (χ0v) is 12.9. The molecular weight excluding hydrogens is 344 g/mol. The molecule has 0 radical (unpaired) electrons. The Labute approximate surface area is 125 Å². The highest BCUT2D eigenvalue weighted by molar-refractivity contribution is 9.10. The molecule has 0 saturated heterocycles. The highest BCUT2D eigenvalue weighted by atomic mass is 79.9. The Bertz CT molecular complexity index is 742. The monoisotopic (exact) mass is 354 g/mol. The fourth-order valence-corrected chi connectivity index (χ4v) is 2.42. The van der Waals surface area contributed by atoms with Crippen LogP contribution in [-0.2, 0) is 9.84 Å². The first-order chi connectivity index (χ1) is 9.36. The number of hydrogen-bond acceptors (Lipinski definition) is 4. The molecule has 0 saturated carbocycles. The number of amides is 1. The van der Waals surface area contributed by atoms with Gasteiger partial charge < -0.3 is 5.32 Å². The van der Waals surface area contributed by atoms with Crippen molar-refractivity contribution in [2.24, 2.45) is 0 Å². The van der Waals surface area contributed by atoms with Crippen LogP contribution in [0.2, 0.25) is 0 Å². The van der Waals surface area contributed by atoms with E-state index in [9.17, 15) is 13.2 Å². The van der Waals surface area contributed by atoms with E-state index in [1.54, 1.807) is 18.2 Å². The van der Waals surface area contributed by atoms with E-state index in [4.69, 9.17) is 0 Å². The smallest absolute Gasteiger partial charge is 0.255 e.